The highest BCUT2D eigenvalue weighted by molar-refractivity contribution is 7.92. The van der Waals surface area contributed by atoms with Crippen LogP contribution in [-0.2, 0) is 67.9 Å². The third kappa shape index (κ3) is 20.2. The lowest BCUT2D eigenvalue weighted by atomic mass is 9.82. The van der Waals surface area contributed by atoms with Gasteiger partial charge in [0.15, 0.2) is 11.6 Å². The lowest BCUT2D eigenvalue weighted by molar-refractivity contribution is -0.160. The Balaban J connectivity index is 0.000000231. The quantitative estimate of drug-likeness (QED) is 0.0545. The van der Waals surface area contributed by atoms with E-state index in [9.17, 15) is 54.4 Å². The fraction of sp³-hybridized carbons (Fsp3) is 0.659. The van der Waals surface area contributed by atoms with Gasteiger partial charge in [0.25, 0.3) is 0 Å². The number of carbonyl (C=O) groups is 8. The van der Waals surface area contributed by atoms with Gasteiger partial charge in [-0.3, -0.25) is 47.8 Å². The lowest BCUT2D eigenvalue weighted by Crippen LogP contribution is -2.48. The molecule has 26 nitrogen and oxygen atoms in total. The summed E-state index contributed by atoms with van der Waals surface area (Å²) in [5.74, 6) is -3.74. The van der Waals surface area contributed by atoms with E-state index in [1.165, 1.54) is 9.80 Å². The fourth-order valence-corrected chi connectivity index (χ4v) is 20.3. The summed E-state index contributed by atoms with van der Waals surface area (Å²) in [6.07, 6.45) is 10.4. The van der Waals surface area contributed by atoms with Crippen molar-refractivity contribution in [2.45, 2.75) is 244 Å². The molecule has 2 aromatic heterocycles. The van der Waals surface area contributed by atoms with Crippen molar-refractivity contribution in [3.63, 3.8) is 0 Å². The average Bonchev–Trinajstić information content (AvgIpc) is 1.56. The number of amides is 4. The van der Waals surface area contributed by atoms with E-state index >= 15 is 9.59 Å². The van der Waals surface area contributed by atoms with Gasteiger partial charge in [-0.2, -0.15) is 9.97 Å². The van der Waals surface area contributed by atoms with Crippen molar-refractivity contribution in [3.8, 4) is 23.3 Å². The van der Waals surface area contributed by atoms with E-state index in [0.717, 1.165) is 23.6 Å². The third-order valence-corrected chi connectivity index (χ3v) is 29.7. The summed E-state index contributed by atoms with van der Waals surface area (Å²) in [4.78, 5) is 131. The summed E-state index contributed by atoms with van der Waals surface area (Å²) in [7, 11) is -1.70. The molecule has 4 saturated carbocycles. The summed E-state index contributed by atoms with van der Waals surface area (Å²) < 4.78 is 118. The number of aromatic nitrogens is 2. The number of esters is 2. The standard InChI is InChI=1S/2C44H61FN4O9S/c2*1-9-48(7)37-20-29-19-31(56-8)14-15-33(29)39(46-37)57-32-21-35-36(50)24-44(41(53)47-59(54,55)43(26-45)16-17-43)23-30(44)13-11-10-12-27(2)18-28(3)34(40(52)49(35)25-32)22-38(51)58-42(4,5)6/h2*11,13-15,19-20,27-28,30,32,34-35H,9-10,12,16-18,21-26H2,1-8H3,(H,47,53)/b2*13-11-/t27-,28+,30+,32+,34-,35-,44+;27-,28-,30-,32-,34+,35+,44-/m01/s1. The van der Waals surface area contributed by atoms with Crippen molar-refractivity contribution in [2.24, 2.45) is 58.2 Å². The highest BCUT2D eigenvalue weighted by Crippen LogP contribution is 2.60. The Hall–Kier alpha value is -8.54. The molecular weight excluding hydrogens is 1560 g/mol. The number of hydrogen-bond acceptors (Lipinski definition) is 22. The minimum Gasteiger partial charge on any atom is -0.497 e. The molecule has 0 unspecified atom stereocenters. The third-order valence-electron chi connectivity index (χ3n) is 25.5. The van der Waals surface area contributed by atoms with E-state index in [1.54, 1.807) is 67.9 Å². The van der Waals surface area contributed by atoms with Crippen molar-refractivity contribution in [1.29, 1.82) is 0 Å². The van der Waals surface area contributed by atoms with Crippen LogP contribution in [0.25, 0.3) is 21.5 Å². The van der Waals surface area contributed by atoms with Gasteiger partial charge >= 0.3 is 11.9 Å². The molecule has 12 rings (SSSR count). The number of allylic oxidation sites excluding steroid dienone is 4. The normalized spacial score (nSPS) is 29.0. The zero-order valence-corrected chi connectivity index (χ0v) is 73.1. The van der Waals surface area contributed by atoms with E-state index in [-0.39, 0.29) is 126 Å². The minimum absolute atomic E-state index is 0.00539. The fourth-order valence-electron chi connectivity index (χ4n) is 17.4. The Kier molecular flexibility index (Phi) is 27.3. The van der Waals surface area contributed by atoms with E-state index in [0.29, 0.717) is 84.4 Å². The topological polar surface area (TPSA) is 323 Å². The van der Waals surface area contributed by atoms with Crippen LogP contribution in [0, 0.1) is 58.2 Å². The van der Waals surface area contributed by atoms with Crippen LogP contribution >= 0.6 is 0 Å². The summed E-state index contributed by atoms with van der Waals surface area (Å²) in [5.41, 5.74) is -4.35. The molecule has 2 N–H and O–H groups in total. The number of anilines is 2. The number of ether oxygens (including phenoxy) is 6. The maximum absolute atomic E-state index is 15.0. The molecule has 648 valence electrons. The van der Waals surface area contributed by atoms with Crippen LogP contribution in [0.1, 0.15) is 199 Å². The number of fused-ring (bicyclic) bond motifs is 6. The summed E-state index contributed by atoms with van der Waals surface area (Å²) >= 11 is 0. The molecule has 2 saturated heterocycles. The van der Waals surface area contributed by atoms with Crippen LogP contribution < -0.4 is 38.2 Å². The van der Waals surface area contributed by atoms with Crippen molar-refractivity contribution in [2.75, 3.05) is 77.6 Å². The lowest BCUT2D eigenvalue weighted by Gasteiger charge is -2.32. The minimum atomic E-state index is -4.35. The maximum Gasteiger partial charge on any atom is 0.307 e. The monoisotopic (exact) mass is 1680 g/mol. The predicted octanol–water partition coefficient (Wildman–Crippen LogP) is 12.6. The van der Waals surface area contributed by atoms with Crippen LogP contribution in [0.15, 0.2) is 72.8 Å². The van der Waals surface area contributed by atoms with Gasteiger partial charge in [0.2, 0.25) is 55.4 Å². The Morgan fingerprint density at radius 3 is 1.25 bits per heavy atom. The number of halogens is 2. The number of alkyl halides is 2. The zero-order chi connectivity index (χ0) is 86.2. The summed E-state index contributed by atoms with van der Waals surface area (Å²) in [5, 5.41) is 3.05. The first-order chi connectivity index (χ1) is 55.5. The highest BCUT2D eigenvalue weighted by Gasteiger charge is 2.66. The number of benzene rings is 2. The van der Waals surface area contributed by atoms with Gasteiger partial charge < -0.3 is 48.0 Å². The Labute approximate surface area is 693 Å². The maximum atomic E-state index is 15.0. The summed E-state index contributed by atoms with van der Waals surface area (Å²) in [6.45, 7) is 21.8. The molecule has 0 spiro atoms. The molecule has 6 heterocycles. The number of ketones is 2. The van der Waals surface area contributed by atoms with E-state index in [1.807, 2.05) is 112 Å². The predicted molar refractivity (Wildman–Crippen MR) is 444 cm³/mol. The number of sulfonamides is 2. The second kappa shape index (κ2) is 35.6. The highest BCUT2D eigenvalue weighted by atomic mass is 32.2. The molecule has 8 aliphatic rings. The molecule has 2 aromatic carbocycles. The van der Waals surface area contributed by atoms with Gasteiger partial charge in [0, 0.05) is 63.6 Å². The van der Waals surface area contributed by atoms with Gasteiger partial charge in [0.05, 0.1) is 74.9 Å². The number of nitrogens with zero attached hydrogens (tertiary/aromatic N) is 6. The zero-order valence-electron chi connectivity index (χ0n) is 71.4. The molecule has 4 amide bonds. The average molecular weight is 1680 g/mol. The molecule has 4 aliphatic heterocycles. The largest absolute Gasteiger partial charge is 0.497 e. The number of methoxy groups -OCH3 is 2. The van der Waals surface area contributed by atoms with E-state index in [4.69, 9.17) is 38.4 Å². The Bertz CT molecular complexity index is 4460. The second-order valence-corrected chi connectivity index (χ2v) is 41.1. The van der Waals surface area contributed by atoms with Crippen LogP contribution in [0.2, 0.25) is 0 Å². The molecule has 0 radical (unpaired) electrons. The first-order valence-corrected chi connectivity index (χ1v) is 44.9. The molecule has 4 aliphatic carbocycles. The van der Waals surface area contributed by atoms with Crippen molar-refractivity contribution < 1.29 is 92.4 Å². The number of nitrogens with one attached hydrogen (secondary N) is 2. The number of hydrogen-bond donors (Lipinski definition) is 2. The number of rotatable bonds is 22. The molecular formula is C88H122F2N8O18S2. The Morgan fingerprint density at radius 1 is 0.559 bits per heavy atom. The number of carbonyl (C=O) groups excluding carboxylic acids is 8. The van der Waals surface area contributed by atoms with Crippen molar-refractivity contribution in [3.05, 3.63) is 72.8 Å². The van der Waals surface area contributed by atoms with Gasteiger partial charge in [0.1, 0.15) is 69.4 Å². The molecule has 30 heteroatoms. The number of pyridine rings is 2. The van der Waals surface area contributed by atoms with E-state index in [2.05, 4.69) is 23.3 Å². The second-order valence-electron chi connectivity index (χ2n) is 36.9. The molecule has 118 heavy (non-hydrogen) atoms. The van der Waals surface area contributed by atoms with Crippen LogP contribution in [-0.4, -0.2) is 197 Å². The van der Waals surface area contributed by atoms with Gasteiger partial charge in [-0.15, -0.1) is 0 Å². The van der Waals surface area contributed by atoms with Crippen molar-refractivity contribution in [1.82, 2.24) is 29.2 Å². The first-order valence-electron chi connectivity index (χ1n) is 41.9. The van der Waals surface area contributed by atoms with Gasteiger partial charge in [-0.05, 0) is 227 Å². The van der Waals surface area contributed by atoms with Gasteiger partial charge in [-0.1, -0.05) is 52.0 Å². The Morgan fingerprint density at radius 2 is 0.924 bits per heavy atom. The van der Waals surface area contributed by atoms with Crippen LogP contribution in [0.3, 0.4) is 0 Å². The van der Waals surface area contributed by atoms with Crippen LogP contribution in [0.4, 0.5) is 20.4 Å². The van der Waals surface area contributed by atoms with Crippen molar-refractivity contribution >= 4 is 100 Å². The molecule has 4 aromatic rings. The van der Waals surface area contributed by atoms with Crippen LogP contribution in [0.5, 0.6) is 23.3 Å². The molecule has 14 atom stereocenters. The van der Waals surface area contributed by atoms with E-state index < -0.39 is 148 Å². The summed E-state index contributed by atoms with van der Waals surface area (Å²) in [6, 6.07) is 12.8. The molecule has 6 fully saturated rings. The number of Topliss-reactive ketones (excluding diaryl/α,β-unsaturated/α-hetero) is 2. The molecule has 0 bridgehead atoms. The SMILES string of the molecule is CCN(C)c1cc2cc(OC)ccc2c(O[C@@H]2C[C@H]3C(=O)C[C@]4(C(=O)NS(=O)(=O)C5(CF)CC5)C[C@H]4/C=C\CC[C@@H](C)C[C@@H](C)[C@H](CC(=O)OC(C)(C)C)C(=O)N3C2)n1.CCN(C)c1cc2cc(OC)ccc2c(O[C@@H]2C[C@H]3C(=O)C[C@]4(C(=O)NS(=O)(=O)C5(CF)CC5)C[C@H]4/C=C\CC[C@H](C)C[C@@H](C)[C@H](CC(=O)OC(C)(C)C)C(=O)N3C2)n1. The van der Waals surface area contributed by atoms with Gasteiger partial charge in [-0.25, -0.2) is 25.6 Å². The smallest absolute Gasteiger partial charge is 0.307 e. The first kappa shape index (κ1) is 90.2.